The molecule has 0 saturated heterocycles. The summed E-state index contributed by atoms with van der Waals surface area (Å²) in [6, 6.07) is 1.42. The van der Waals surface area contributed by atoms with Crippen LogP contribution in [0.5, 0.6) is 17.5 Å². The van der Waals surface area contributed by atoms with E-state index in [1.54, 1.807) is 13.3 Å². The van der Waals surface area contributed by atoms with Gasteiger partial charge in [0.15, 0.2) is 11.6 Å². The van der Waals surface area contributed by atoms with Crippen molar-refractivity contribution < 1.29 is 18.6 Å². The third-order valence-corrected chi connectivity index (χ3v) is 5.32. The van der Waals surface area contributed by atoms with Gasteiger partial charge in [0.05, 0.1) is 26.1 Å². The Morgan fingerprint density at radius 2 is 1.91 bits per heavy atom. The number of hydrogen-bond donors (Lipinski definition) is 0. The van der Waals surface area contributed by atoms with Crippen molar-refractivity contribution in [2.45, 2.75) is 45.6 Å². The van der Waals surface area contributed by atoms with Crippen LogP contribution in [0, 0.1) is 5.82 Å². The van der Waals surface area contributed by atoms with Gasteiger partial charge < -0.3 is 14.2 Å². The molecular weight excluding hydrogens is 425 g/mol. The molecule has 172 valence electrons. The van der Waals surface area contributed by atoms with Gasteiger partial charge in [-0.05, 0) is 37.8 Å². The Morgan fingerprint density at radius 1 is 1.09 bits per heavy atom. The highest BCUT2D eigenvalue weighted by Crippen LogP contribution is 2.45. The molecule has 9 heteroatoms. The first-order chi connectivity index (χ1) is 16.0. The number of aromatic nitrogens is 5. The molecule has 0 spiro atoms. The molecule has 3 aromatic heterocycles. The largest absolute Gasteiger partial charge is 0.490 e. The second-order valence-corrected chi connectivity index (χ2v) is 7.74. The summed E-state index contributed by atoms with van der Waals surface area (Å²) in [7, 11) is 3.05. The Balaban J connectivity index is 1.62. The van der Waals surface area contributed by atoms with Crippen LogP contribution in [-0.2, 0) is 6.61 Å². The van der Waals surface area contributed by atoms with Crippen molar-refractivity contribution in [2.24, 2.45) is 0 Å². The highest BCUT2D eigenvalue weighted by Gasteiger charge is 2.31. The van der Waals surface area contributed by atoms with E-state index in [9.17, 15) is 4.39 Å². The van der Waals surface area contributed by atoms with Crippen LogP contribution in [0.2, 0.25) is 0 Å². The van der Waals surface area contributed by atoms with Crippen molar-refractivity contribution in [2.75, 3.05) is 14.2 Å². The summed E-state index contributed by atoms with van der Waals surface area (Å²) in [5, 5.41) is 0. The number of halogens is 1. The van der Waals surface area contributed by atoms with E-state index in [0.29, 0.717) is 40.2 Å². The first-order valence-electron chi connectivity index (χ1n) is 10.8. The molecule has 1 aliphatic rings. The van der Waals surface area contributed by atoms with Crippen LogP contribution in [0.3, 0.4) is 0 Å². The van der Waals surface area contributed by atoms with E-state index in [-0.39, 0.29) is 12.5 Å². The molecule has 33 heavy (non-hydrogen) atoms. The molecule has 4 rings (SSSR count). The van der Waals surface area contributed by atoms with Gasteiger partial charge in [0.25, 0.3) is 5.88 Å². The fourth-order valence-corrected chi connectivity index (χ4v) is 3.53. The number of allylic oxidation sites excluding steroid dienone is 2. The minimum Gasteiger partial charge on any atom is -0.490 e. The summed E-state index contributed by atoms with van der Waals surface area (Å²) in [5.74, 6) is 1.31. The smallest absolute Gasteiger partial charge is 0.261 e. The zero-order valence-electron chi connectivity index (χ0n) is 19.1. The van der Waals surface area contributed by atoms with Crippen LogP contribution in [0.4, 0.5) is 4.39 Å². The van der Waals surface area contributed by atoms with Gasteiger partial charge in [-0.3, -0.25) is 4.98 Å². The average Bonchev–Trinajstić information content (AvgIpc) is 3.67. The number of pyridine rings is 1. The summed E-state index contributed by atoms with van der Waals surface area (Å²) in [6.07, 6.45) is 9.46. The molecule has 1 aliphatic carbocycles. The molecule has 0 radical (unpaired) electrons. The lowest BCUT2D eigenvalue weighted by molar-refractivity contribution is 0.271. The van der Waals surface area contributed by atoms with Crippen LogP contribution in [-0.4, -0.2) is 39.1 Å². The van der Waals surface area contributed by atoms with Crippen molar-refractivity contribution >= 4 is 5.57 Å². The van der Waals surface area contributed by atoms with Gasteiger partial charge in [-0.1, -0.05) is 13.0 Å². The Labute approximate surface area is 191 Å². The fourth-order valence-electron chi connectivity index (χ4n) is 3.53. The number of methoxy groups -OCH3 is 2. The summed E-state index contributed by atoms with van der Waals surface area (Å²) < 4.78 is 31.3. The predicted molar refractivity (Wildman–Crippen MR) is 121 cm³/mol. The number of hydrogen-bond acceptors (Lipinski definition) is 8. The van der Waals surface area contributed by atoms with E-state index < -0.39 is 5.82 Å². The highest BCUT2D eigenvalue weighted by atomic mass is 19.1. The molecule has 8 nitrogen and oxygen atoms in total. The Bertz CT molecular complexity index is 1180. The van der Waals surface area contributed by atoms with Crippen LogP contribution < -0.4 is 14.2 Å². The quantitative estimate of drug-likeness (QED) is 0.460. The molecule has 0 atom stereocenters. The summed E-state index contributed by atoms with van der Waals surface area (Å²) >= 11 is 0. The van der Waals surface area contributed by atoms with Crippen LogP contribution in [0.1, 0.15) is 56.0 Å². The third-order valence-electron chi connectivity index (χ3n) is 5.32. The van der Waals surface area contributed by atoms with Crippen molar-refractivity contribution in [3.05, 3.63) is 53.6 Å². The molecule has 0 N–H and O–H groups in total. The molecule has 0 aromatic carbocycles. The van der Waals surface area contributed by atoms with Crippen molar-refractivity contribution in [3.8, 4) is 28.9 Å². The van der Waals surface area contributed by atoms with Crippen LogP contribution in [0.25, 0.3) is 17.0 Å². The van der Waals surface area contributed by atoms with E-state index in [2.05, 4.69) is 24.9 Å². The van der Waals surface area contributed by atoms with E-state index in [0.717, 1.165) is 30.5 Å². The molecule has 0 amide bonds. The molecule has 0 bridgehead atoms. The van der Waals surface area contributed by atoms with E-state index >= 15 is 0 Å². The monoisotopic (exact) mass is 451 g/mol. The maximum absolute atomic E-state index is 14.6. The van der Waals surface area contributed by atoms with Gasteiger partial charge in [0, 0.05) is 17.7 Å². The van der Waals surface area contributed by atoms with Crippen LogP contribution >= 0.6 is 0 Å². The van der Waals surface area contributed by atoms with Crippen LogP contribution in [0.15, 0.2) is 30.9 Å². The van der Waals surface area contributed by atoms with Crippen molar-refractivity contribution in [1.29, 1.82) is 0 Å². The topological polar surface area (TPSA) is 92.1 Å². The molecule has 1 fully saturated rings. The molecule has 3 aromatic rings. The predicted octanol–water partition coefficient (Wildman–Crippen LogP) is 4.75. The summed E-state index contributed by atoms with van der Waals surface area (Å²) in [4.78, 5) is 21.9. The van der Waals surface area contributed by atoms with E-state index in [1.807, 2.05) is 19.9 Å². The van der Waals surface area contributed by atoms with Gasteiger partial charge in [0.2, 0.25) is 5.88 Å². The molecule has 3 heterocycles. The number of ether oxygens (including phenoxy) is 3. The first-order valence-corrected chi connectivity index (χ1v) is 10.8. The van der Waals surface area contributed by atoms with Gasteiger partial charge in [-0.2, -0.15) is 4.98 Å². The first kappa shape index (κ1) is 22.6. The Kier molecular flexibility index (Phi) is 6.76. The van der Waals surface area contributed by atoms with Gasteiger partial charge in [-0.15, -0.1) is 0 Å². The lowest BCUT2D eigenvalue weighted by Gasteiger charge is -2.14. The minimum absolute atomic E-state index is 0.0610. The number of rotatable bonds is 9. The zero-order valence-corrected chi connectivity index (χ0v) is 19.1. The molecule has 0 unspecified atom stereocenters. The molecule has 1 saturated carbocycles. The van der Waals surface area contributed by atoms with Gasteiger partial charge in [0.1, 0.15) is 30.0 Å². The number of nitrogens with zero attached hydrogens (tertiary/aromatic N) is 5. The standard InChI is InChI=1S/C24H26FN5O3/c1-5-6-14(2)20-17(25)9-15(10-26-20)12-33-23-18(31-3)11-27-22(30-23)19-21(16-7-8-16)28-13-29-24(19)32-4/h6,9-11,13,16H,5,7-8,12H2,1-4H3/b14-6-. The van der Waals surface area contributed by atoms with E-state index in [1.165, 1.54) is 25.7 Å². The second kappa shape index (κ2) is 9.89. The Hall–Kier alpha value is -3.62. The average molecular weight is 452 g/mol. The lowest BCUT2D eigenvalue weighted by Crippen LogP contribution is -2.06. The van der Waals surface area contributed by atoms with Crippen molar-refractivity contribution in [1.82, 2.24) is 24.9 Å². The van der Waals surface area contributed by atoms with Gasteiger partial charge in [-0.25, -0.2) is 19.3 Å². The molecule has 0 aliphatic heterocycles. The Morgan fingerprint density at radius 3 is 2.58 bits per heavy atom. The lowest BCUT2D eigenvalue weighted by atomic mass is 10.1. The van der Waals surface area contributed by atoms with Crippen molar-refractivity contribution in [3.63, 3.8) is 0 Å². The third kappa shape index (κ3) is 4.92. The summed E-state index contributed by atoms with van der Waals surface area (Å²) in [5.41, 5.74) is 3.21. The molecular formula is C24H26FN5O3. The second-order valence-electron chi connectivity index (χ2n) is 7.74. The minimum atomic E-state index is -0.395. The summed E-state index contributed by atoms with van der Waals surface area (Å²) in [6.45, 7) is 3.90. The maximum Gasteiger partial charge on any atom is 0.261 e. The SMILES string of the molecule is CC/C=C(/C)c1ncc(COc2nc(-c3c(OC)ncnc3C3CC3)ncc2OC)cc1F. The fraction of sp³-hybridized carbons (Fsp3) is 0.375. The van der Waals surface area contributed by atoms with Gasteiger partial charge >= 0.3 is 0 Å². The zero-order chi connectivity index (χ0) is 23.4. The highest BCUT2D eigenvalue weighted by molar-refractivity contribution is 5.66. The normalized spacial score (nSPS) is 13.7. The maximum atomic E-state index is 14.6. The van der Waals surface area contributed by atoms with E-state index in [4.69, 9.17) is 14.2 Å².